The highest BCUT2D eigenvalue weighted by Gasteiger charge is 2.36. The minimum absolute atomic E-state index is 0.267. The molecule has 0 unspecified atom stereocenters. The fourth-order valence-electron chi connectivity index (χ4n) is 3.25. The number of benzene rings is 1. The van der Waals surface area contributed by atoms with Gasteiger partial charge in [0, 0.05) is 28.4 Å². The zero-order chi connectivity index (χ0) is 15.3. The van der Waals surface area contributed by atoms with Crippen LogP contribution in [0.3, 0.4) is 0 Å². The van der Waals surface area contributed by atoms with Gasteiger partial charge in [0.15, 0.2) is 0 Å². The number of halogens is 1. The summed E-state index contributed by atoms with van der Waals surface area (Å²) in [5, 5.41) is 0. The molecule has 116 valence electrons. The molecule has 0 saturated heterocycles. The summed E-state index contributed by atoms with van der Waals surface area (Å²) in [7, 11) is 1.64. The fraction of sp³-hybridized carbons (Fsp3) is 0.588. The second-order valence-corrected chi connectivity index (χ2v) is 6.87. The van der Waals surface area contributed by atoms with Crippen molar-refractivity contribution in [2.24, 2.45) is 11.1 Å². The first-order valence-electron chi connectivity index (χ1n) is 7.67. The molecule has 3 nitrogen and oxygen atoms in total. The van der Waals surface area contributed by atoms with Crippen molar-refractivity contribution in [1.82, 2.24) is 0 Å². The van der Waals surface area contributed by atoms with Crippen molar-refractivity contribution in [3.05, 3.63) is 28.2 Å². The van der Waals surface area contributed by atoms with Crippen molar-refractivity contribution in [3.8, 4) is 5.75 Å². The van der Waals surface area contributed by atoms with Crippen LogP contribution in [0.2, 0.25) is 0 Å². The molecule has 1 aromatic rings. The molecule has 2 rings (SSSR count). The molecule has 1 aromatic carbocycles. The van der Waals surface area contributed by atoms with E-state index in [0.29, 0.717) is 13.0 Å². The number of Topliss-reactive ketones (excluding diaryl/α,β-unsaturated/α-hetero) is 1. The summed E-state index contributed by atoms with van der Waals surface area (Å²) >= 11 is 3.46. The Bertz CT molecular complexity index is 494. The third kappa shape index (κ3) is 3.86. The Kier molecular flexibility index (Phi) is 5.82. The maximum atomic E-state index is 12.9. The van der Waals surface area contributed by atoms with Gasteiger partial charge >= 0.3 is 0 Å². The maximum Gasteiger partial charge on any atom is 0.144 e. The Labute approximate surface area is 135 Å². The third-order valence-electron chi connectivity index (χ3n) is 4.64. The molecule has 0 radical (unpaired) electrons. The molecule has 4 heteroatoms. The van der Waals surface area contributed by atoms with Crippen molar-refractivity contribution in [2.45, 2.75) is 44.9 Å². The van der Waals surface area contributed by atoms with Crippen LogP contribution in [-0.2, 0) is 11.2 Å². The first-order chi connectivity index (χ1) is 10.1. The average Bonchev–Trinajstić information content (AvgIpc) is 2.74. The molecular formula is C17H24BrNO2. The Balaban J connectivity index is 2.21. The summed E-state index contributed by atoms with van der Waals surface area (Å²) in [5.74, 6) is 1.04. The molecule has 21 heavy (non-hydrogen) atoms. The van der Waals surface area contributed by atoms with Crippen LogP contribution in [0.15, 0.2) is 22.7 Å². The molecule has 0 amide bonds. The summed E-state index contributed by atoms with van der Waals surface area (Å²) in [4.78, 5) is 12.9. The van der Waals surface area contributed by atoms with Gasteiger partial charge in [-0.25, -0.2) is 0 Å². The van der Waals surface area contributed by atoms with Gasteiger partial charge in [0.25, 0.3) is 0 Å². The zero-order valence-electron chi connectivity index (χ0n) is 12.7. The molecular weight excluding hydrogens is 330 g/mol. The van der Waals surface area contributed by atoms with Gasteiger partial charge in [-0.2, -0.15) is 0 Å². The van der Waals surface area contributed by atoms with Crippen molar-refractivity contribution in [1.29, 1.82) is 0 Å². The van der Waals surface area contributed by atoms with Gasteiger partial charge in [-0.15, -0.1) is 0 Å². The van der Waals surface area contributed by atoms with E-state index in [1.165, 1.54) is 12.8 Å². The first kappa shape index (κ1) is 16.5. The molecule has 0 spiro atoms. The van der Waals surface area contributed by atoms with Gasteiger partial charge in [-0.1, -0.05) is 41.6 Å². The minimum atomic E-state index is -0.330. The predicted octanol–water partition coefficient (Wildman–Crippen LogP) is 3.87. The van der Waals surface area contributed by atoms with E-state index in [-0.39, 0.29) is 11.2 Å². The van der Waals surface area contributed by atoms with Crippen molar-refractivity contribution in [3.63, 3.8) is 0 Å². The summed E-state index contributed by atoms with van der Waals surface area (Å²) in [5.41, 5.74) is 6.61. The highest BCUT2D eigenvalue weighted by Crippen LogP contribution is 2.37. The SMILES string of the molecule is COc1ccc(Br)cc1CC(=O)C1(CN)CCCCCC1. The predicted molar refractivity (Wildman–Crippen MR) is 88.6 cm³/mol. The lowest BCUT2D eigenvalue weighted by Gasteiger charge is -2.30. The quantitative estimate of drug-likeness (QED) is 0.817. The molecule has 2 N–H and O–H groups in total. The number of hydrogen-bond donors (Lipinski definition) is 1. The van der Waals surface area contributed by atoms with Gasteiger partial charge in [0.2, 0.25) is 0 Å². The highest BCUT2D eigenvalue weighted by molar-refractivity contribution is 9.10. The summed E-state index contributed by atoms with van der Waals surface area (Å²) in [6.07, 6.45) is 6.92. The summed E-state index contributed by atoms with van der Waals surface area (Å²) in [6.45, 7) is 0.460. The zero-order valence-corrected chi connectivity index (χ0v) is 14.2. The van der Waals surface area contributed by atoms with Crippen LogP contribution in [0.1, 0.15) is 44.1 Å². The average molecular weight is 354 g/mol. The smallest absolute Gasteiger partial charge is 0.144 e. The van der Waals surface area contributed by atoms with Crippen LogP contribution in [0.25, 0.3) is 0 Å². The second-order valence-electron chi connectivity index (χ2n) is 5.95. The van der Waals surface area contributed by atoms with E-state index < -0.39 is 0 Å². The van der Waals surface area contributed by atoms with E-state index in [4.69, 9.17) is 10.5 Å². The maximum absolute atomic E-state index is 12.9. The number of nitrogens with two attached hydrogens (primary N) is 1. The lowest BCUT2D eigenvalue weighted by atomic mass is 9.74. The number of methoxy groups -OCH3 is 1. The summed E-state index contributed by atoms with van der Waals surface area (Å²) < 4.78 is 6.34. The van der Waals surface area contributed by atoms with Gasteiger partial charge in [0.05, 0.1) is 7.11 Å². The first-order valence-corrected chi connectivity index (χ1v) is 8.46. The number of hydrogen-bond acceptors (Lipinski definition) is 3. The van der Waals surface area contributed by atoms with E-state index in [1.807, 2.05) is 18.2 Å². The largest absolute Gasteiger partial charge is 0.496 e. The molecule has 0 heterocycles. The fourth-order valence-corrected chi connectivity index (χ4v) is 3.66. The highest BCUT2D eigenvalue weighted by atomic mass is 79.9. The number of carbonyl (C=O) groups excluding carboxylic acids is 1. The van der Waals surface area contributed by atoms with Gasteiger partial charge < -0.3 is 10.5 Å². The van der Waals surface area contributed by atoms with Crippen LogP contribution >= 0.6 is 15.9 Å². The topological polar surface area (TPSA) is 52.3 Å². The molecule has 0 aromatic heterocycles. The van der Waals surface area contributed by atoms with Gasteiger partial charge in [-0.05, 0) is 31.0 Å². The van der Waals surface area contributed by atoms with Crippen LogP contribution in [0.5, 0.6) is 5.75 Å². The van der Waals surface area contributed by atoms with Crippen molar-refractivity contribution >= 4 is 21.7 Å². The van der Waals surface area contributed by atoms with Crippen LogP contribution in [-0.4, -0.2) is 19.4 Å². The normalized spacial score (nSPS) is 18.0. The van der Waals surface area contributed by atoms with Gasteiger partial charge in [0.1, 0.15) is 11.5 Å². The van der Waals surface area contributed by atoms with E-state index >= 15 is 0 Å². The monoisotopic (exact) mass is 353 g/mol. The molecule has 1 saturated carbocycles. The number of ether oxygens (including phenoxy) is 1. The lowest BCUT2D eigenvalue weighted by Crippen LogP contribution is -2.39. The molecule has 0 aliphatic heterocycles. The van der Waals surface area contributed by atoms with E-state index in [0.717, 1.165) is 41.5 Å². The van der Waals surface area contributed by atoms with E-state index in [1.54, 1.807) is 7.11 Å². The van der Waals surface area contributed by atoms with E-state index in [2.05, 4.69) is 15.9 Å². The Hall–Kier alpha value is -0.870. The summed E-state index contributed by atoms with van der Waals surface area (Å²) in [6, 6.07) is 5.80. The van der Waals surface area contributed by atoms with Crippen molar-refractivity contribution < 1.29 is 9.53 Å². The van der Waals surface area contributed by atoms with E-state index in [9.17, 15) is 4.79 Å². The van der Waals surface area contributed by atoms with Gasteiger partial charge in [-0.3, -0.25) is 4.79 Å². The van der Waals surface area contributed by atoms with Crippen molar-refractivity contribution in [2.75, 3.05) is 13.7 Å². The molecule has 0 bridgehead atoms. The Morgan fingerprint density at radius 3 is 2.52 bits per heavy atom. The minimum Gasteiger partial charge on any atom is -0.496 e. The number of rotatable bonds is 5. The molecule has 1 fully saturated rings. The Morgan fingerprint density at radius 2 is 1.95 bits per heavy atom. The number of ketones is 1. The Morgan fingerprint density at radius 1 is 1.29 bits per heavy atom. The standard InChI is InChI=1S/C17H24BrNO2/c1-21-15-7-6-14(18)10-13(15)11-16(20)17(12-19)8-4-2-3-5-9-17/h6-7,10H,2-5,8-9,11-12,19H2,1H3. The third-order valence-corrected chi connectivity index (χ3v) is 5.13. The molecule has 1 aliphatic carbocycles. The lowest BCUT2D eigenvalue weighted by molar-refractivity contribution is -0.128. The second kappa shape index (κ2) is 7.41. The number of carbonyl (C=O) groups is 1. The molecule has 0 atom stereocenters. The van der Waals surface area contributed by atoms with Crippen LogP contribution in [0, 0.1) is 5.41 Å². The molecule has 1 aliphatic rings. The van der Waals surface area contributed by atoms with Crippen LogP contribution in [0.4, 0.5) is 0 Å². The van der Waals surface area contributed by atoms with Crippen LogP contribution < -0.4 is 10.5 Å².